The maximum Gasteiger partial charge on any atom is 0.326 e. The number of pyridine rings is 1. The molecule has 0 spiro atoms. The van der Waals surface area contributed by atoms with Crippen molar-refractivity contribution in [3.8, 4) is 0 Å². The van der Waals surface area contributed by atoms with E-state index in [0.29, 0.717) is 6.54 Å². The van der Waals surface area contributed by atoms with E-state index in [4.69, 9.17) is 0 Å². The van der Waals surface area contributed by atoms with Crippen LogP contribution in [0.25, 0.3) is 11.0 Å². The highest BCUT2D eigenvalue weighted by atomic mass is 79.9. The number of aromatic nitrogens is 3. The van der Waals surface area contributed by atoms with Gasteiger partial charge in [0.05, 0.1) is 17.2 Å². The molecule has 68 valence electrons. The first-order chi connectivity index (χ1) is 6.22. The van der Waals surface area contributed by atoms with Gasteiger partial charge in [0, 0.05) is 6.54 Å². The number of halogens is 1. The van der Waals surface area contributed by atoms with Gasteiger partial charge in [0.25, 0.3) is 0 Å². The largest absolute Gasteiger partial charge is 0.326 e. The Balaban J connectivity index is 2.89. The number of aryl methyl sites for hydroxylation is 1. The van der Waals surface area contributed by atoms with Crippen LogP contribution >= 0.6 is 15.9 Å². The Bertz CT molecular complexity index is 500. The molecular weight excluding hydrogens is 234 g/mol. The van der Waals surface area contributed by atoms with Gasteiger partial charge in [0.2, 0.25) is 0 Å². The van der Waals surface area contributed by atoms with Crippen LogP contribution in [0.2, 0.25) is 0 Å². The minimum Gasteiger partial charge on any atom is -0.304 e. The van der Waals surface area contributed by atoms with Gasteiger partial charge < -0.3 is 4.98 Å². The summed E-state index contributed by atoms with van der Waals surface area (Å²) in [5.74, 6) is 0. The topological polar surface area (TPSA) is 50.7 Å². The summed E-state index contributed by atoms with van der Waals surface area (Å²) in [6.45, 7) is 2.60. The van der Waals surface area contributed by atoms with E-state index in [1.807, 2.05) is 13.0 Å². The fourth-order valence-electron chi connectivity index (χ4n) is 1.35. The van der Waals surface area contributed by atoms with Gasteiger partial charge in [-0.15, -0.1) is 0 Å². The molecule has 0 saturated carbocycles. The van der Waals surface area contributed by atoms with Gasteiger partial charge in [0.15, 0.2) is 0 Å². The Kier molecular flexibility index (Phi) is 1.95. The second kappa shape index (κ2) is 2.99. The minimum atomic E-state index is -0.0857. The molecule has 0 aliphatic carbocycles. The average molecular weight is 242 g/mol. The first-order valence-electron chi connectivity index (χ1n) is 3.96. The van der Waals surface area contributed by atoms with E-state index in [2.05, 4.69) is 25.9 Å². The third-order valence-corrected chi connectivity index (χ3v) is 2.38. The average Bonchev–Trinajstić information content (AvgIpc) is 2.40. The lowest BCUT2D eigenvalue weighted by atomic mass is 10.4. The van der Waals surface area contributed by atoms with Gasteiger partial charge in [-0.25, -0.2) is 9.78 Å². The number of fused-ring (bicyclic) bond motifs is 1. The summed E-state index contributed by atoms with van der Waals surface area (Å²) in [6.07, 6.45) is 1.65. The van der Waals surface area contributed by atoms with Crippen LogP contribution in [0.1, 0.15) is 6.92 Å². The Morgan fingerprint density at radius 1 is 1.69 bits per heavy atom. The van der Waals surface area contributed by atoms with Crippen LogP contribution < -0.4 is 5.69 Å². The minimum absolute atomic E-state index is 0.0857. The molecule has 0 aliphatic heterocycles. The Morgan fingerprint density at radius 3 is 3.15 bits per heavy atom. The molecule has 0 saturated heterocycles. The number of hydrogen-bond donors (Lipinski definition) is 1. The normalized spacial score (nSPS) is 10.9. The second-order valence-corrected chi connectivity index (χ2v) is 3.51. The molecule has 0 aliphatic rings. The molecule has 0 aromatic carbocycles. The van der Waals surface area contributed by atoms with Gasteiger partial charge in [-0.3, -0.25) is 4.57 Å². The smallest absolute Gasteiger partial charge is 0.304 e. The molecule has 0 bridgehead atoms. The molecule has 4 nitrogen and oxygen atoms in total. The number of imidazole rings is 1. The Morgan fingerprint density at radius 2 is 2.46 bits per heavy atom. The number of nitrogens with one attached hydrogen (secondary N) is 1. The number of nitrogens with zero attached hydrogens (tertiary/aromatic N) is 2. The fourth-order valence-corrected chi connectivity index (χ4v) is 1.67. The molecule has 13 heavy (non-hydrogen) atoms. The van der Waals surface area contributed by atoms with E-state index in [1.165, 1.54) is 0 Å². The van der Waals surface area contributed by atoms with Crippen molar-refractivity contribution in [1.82, 2.24) is 14.5 Å². The van der Waals surface area contributed by atoms with Crippen molar-refractivity contribution in [2.75, 3.05) is 0 Å². The zero-order valence-corrected chi connectivity index (χ0v) is 8.63. The fraction of sp³-hybridized carbons (Fsp3) is 0.250. The predicted octanol–water partition coefficient (Wildman–Crippen LogP) is 1.51. The summed E-state index contributed by atoms with van der Waals surface area (Å²) in [6, 6.07) is 1.83. The van der Waals surface area contributed by atoms with Crippen molar-refractivity contribution in [3.05, 3.63) is 27.4 Å². The third kappa shape index (κ3) is 1.29. The van der Waals surface area contributed by atoms with Crippen molar-refractivity contribution in [2.24, 2.45) is 0 Å². The number of hydrogen-bond acceptors (Lipinski definition) is 2. The Labute approximate surface area is 82.7 Å². The van der Waals surface area contributed by atoms with E-state index < -0.39 is 0 Å². The van der Waals surface area contributed by atoms with Crippen molar-refractivity contribution >= 4 is 27.0 Å². The molecule has 2 rings (SSSR count). The molecular formula is C8H8BrN3O. The molecule has 0 radical (unpaired) electrons. The lowest BCUT2D eigenvalue weighted by molar-refractivity contribution is 0.753. The predicted molar refractivity (Wildman–Crippen MR) is 53.7 cm³/mol. The maximum atomic E-state index is 11.3. The van der Waals surface area contributed by atoms with Crippen LogP contribution in [0, 0.1) is 0 Å². The first kappa shape index (κ1) is 8.50. The highest BCUT2D eigenvalue weighted by Gasteiger charge is 2.04. The lowest BCUT2D eigenvalue weighted by Gasteiger charge is -1.96. The van der Waals surface area contributed by atoms with Gasteiger partial charge in [0.1, 0.15) is 4.60 Å². The maximum absolute atomic E-state index is 11.3. The third-order valence-electron chi connectivity index (χ3n) is 1.94. The molecule has 2 aromatic rings. The van der Waals surface area contributed by atoms with Crippen molar-refractivity contribution in [1.29, 1.82) is 0 Å². The zero-order valence-electron chi connectivity index (χ0n) is 7.04. The number of aromatic amines is 1. The van der Waals surface area contributed by atoms with E-state index in [0.717, 1.165) is 15.6 Å². The van der Waals surface area contributed by atoms with Crippen LogP contribution in [0.4, 0.5) is 0 Å². The van der Waals surface area contributed by atoms with E-state index in [-0.39, 0.29) is 5.69 Å². The molecule has 1 N–H and O–H groups in total. The summed E-state index contributed by atoms with van der Waals surface area (Å²) in [5, 5.41) is 0. The van der Waals surface area contributed by atoms with Crippen LogP contribution in [-0.2, 0) is 6.54 Å². The van der Waals surface area contributed by atoms with Crippen LogP contribution in [-0.4, -0.2) is 14.5 Å². The molecule has 5 heteroatoms. The highest BCUT2D eigenvalue weighted by molar-refractivity contribution is 9.10. The summed E-state index contributed by atoms with van der Waals surface area (Å²) >= 11 is 3.26. The zero-order chi connectivity index (χ0) is 9.42. The van der Waals surface area contributed by atoms with E-state index in [9.17, 15) is 4.79 Å². The van der Waals surface area contributed by atoms with Crippen LogP contribution in [0.15, 0.2) is 21.7 Å². The summed E-state index contributed by atoms with van der Waals surface area (Å²) < 4.78 is 2.41. The summed E-state index contributed by atoms with van der Waals surface area (Å²) in [7, 11) is 0. The summed E-state index contributed by atoms with van der Waals surface area (Å²) in [5.41, 5.74) is 1.57. The Hall–Kier alpha value is -1.10. The molecule has 0 atom stereocenters. The van der Waals surface area contributed by atoms with Crippen molar-refractivity contribution in [3.63, 3.8) is 0 Å². The van der Waals surface area contributed by atoms with Gasteiger partial charge >= 0.3 is 5.69 Å². The number of H-pyrrole nitrogens is 1. The molecule has 0 fully saturated rings. The molecule has 2 heterocycles. The number of rotatable bonds is 1. The van der Waals surface area contributed by atoms with Gasteiger partial charge in [-0.1, -0.05) is 0 Å². The first-order valence-corrected chi connectivity index (χ1v) is 4.75. The van der Waals surface area contributed by atoms with Gasteiger partial charge in [-0.05, 0) is 28.9 Å². The SMILES string of the molecule is CCn1c(=O)[nH]c2cnc(Br)cc21. The molecule has 0 amide bonds. The van der Waals surface area contributed by atoms with Crippen molar-refractivity contribution < 1.29 is 0 Å². The van der Waals surface area contributed by atoms with Crippen molar-refractivity contribution in [2.45, 2.75) is 13.5 Å². The van der Waals surface area contributed by atoms with Gasteiger partial charge in [-0.2, -0.15) is 0 Å². The monoisotopic (exact) mass is 241 g/mol. The van der Waals surface area contributed by atoms with E-state index in [1.54, 1.807) is 10.8 Å². The standard InChI is InChI=1S/C8H8BrN3O/c1-2-12-6-3-7(9)10-4-5(6)11-8(12)13/h3-4H,2H2,1H3,(H,11,13). The highest BCUT2D eigenvalue weighted by Crippen LogP contribution is 2.13. The van der Waals surface area contributed by atoms with Crippen LogP contribution in [0.5, 0.6) is 0 Å². The van der Waals surface area contributed by atoms with E-state index >= 15 is 0 Å². The van der Waals surface area contributed by atoms with Crippen LogP contribution in [0.3, 0.4) is 0 Å². The summed E-state index contributed by atoms with van der Waals surface area (Å²) in [4.78, 5) is 18.1. The quantitative estimate of drug-likeness (QED) is 0.770. The second-order valence-electron chi connectivity index (χ2n) is 2.70. The molecule has 0 unspecified atom stereocenters. The molecule has 2 aromatic heterocycles. The lowest BCUT2D eigenvalue weighted by Crippen LogP contribution is -2.14.